The van der Waals surface area contributed by atoms with Crippen LogP contribution in [0.4, 0.5) is 5.69 Å². The van der Waals surface area contributed by atoms with E-state index < -0.39 is 0 Å². The van der Waals surface area contributed by atoms with E-state index in [0.717, 1.165) is 11.3 Å². The molecule has 0 aromatic heterocycles. The Morgan fingerprint density at radius 3 is 2.19 bits per heavy atom. The molecule has 0 aliphatic carbocycles. The average Bonchev–Trinajstić information content (AvgIpc) is 2.61. The zero-order chi connectivity index (χ0) is 19.1. The number of carbonyl (C=O) groups excluding carboxylic acids is 1. The second-order valence-corrected chi connectivity index (χ2v) is 6.50. The summed E-state index contributed by atoms with van der Waals surface area (Å²) in [5, 5.41) is 3.14. The molecule has 2 rings (SSSR count). The summed E-state index contributed by atoms with van der Waals surface area (Å²) in [5.41, 5.74) is 2.25. The second-order valence-electron chi connectivity index (χ2n) is 6.50. The van der Waals surface area contributed by atoms with Crippen molar-refractivity contribution in [1.29, 1.82) is 0 Å². The number of allylic oxidation sites excluding steroid dienone is 1. The minimum atomic E-state index is -0.0635. The number of hydrogen-bond donors (Lipinski definition) is 1. The van der Waals surface area contributed by atoms with E-state index in [2.05, 4.69) is 5.32 Å². The Labute approximate surface area is 155 Å². The number of ether oxygens (including phenoxy) is 2. The summed E-state index contributed by atoms with van der Waals surface area (Å²) >= 11 is 0. The molecule has 0 aliphatic rings. The maximum atomic E-state index is 12.5. The molecule has 0 saturated heterocycles. The molecule has 0 radical (unpaired) electrons. The van der Waals surface area contributed by atoms with Gasteiger partial charge in [-0.05, 0) is 52.0 Å². The topological polar surface area (TPSA) is 47.6 Å². The molecule has 0 unspecified atom stereocenters. The first kappa shape index (κ1) is 19.6. The fourth-order valence-corrected chi connectivity index (χ4v) is 2.51. The predicted molar refractivity (Wildman–Crippen MR) is 107 cm³/mol. The van der Waals surface area contributed by atoms with E-state index in [0.29, 0.717) is 17.1 Å². The average molecular weight is 353 g/mol. The first-order valence-electron chi connectivity index (χ1n) is 8.88. The molecule has 0 spiro atoms. The van der Waals surface area contributed by atoms with Gasteiger partial charge in [-0.3, -0.25) is 4.79 Å². The van der Waals surface area contributed by atoms with Crippen molar-refractivity contribution in [2.24, 2.45) is 0 Å². The van der Waals surface area contributed by atoms with Crippen molar-refractivity contribution >= 4 is 17.5 Å². The SMILES string of the molecule is CNc1ccc(OC(C)C)c(C=CC(=O)c2ccccc2)c1OC(C)C. The zero-order valence-corrected chi connectivity index (χ0v) is 16.1. The van der Waals surface area contributed by atoms with Crippen LogP contribution in [0.5, 0.6) is 11.5 Å². The van der Waals surface area contributed by atoms with Crippen molar-refractivity contribution in [3.8, 4) is 11.5 Å². The molecule has 0 atom stereocenters. The van der Waals surface area contributed by atoms with Gasteiger partial charge in [-0.2, -0.15) is 0 Å². The zero-order valence-electron chi connectivity index (χ0n) is 16.1. The van der Waals surface area contributed by atoms with Gasteiger partial charge in [0.2, 0.25) is 0 Å². The normalized spacial score (nSPS) is 11.2. The van der Waals surface area contributed by atoms with Crippen molar-refractivity contribution in [3.63, 3.8) is 0 Å². The van der Waals surface area contributed by atoms with Crippen LogP contribution in [0.15, 0.2) is 48.5 Å². The third-order valence-electron chi connectivity index (χ3n) is 3.60. The van der Waals surface area contributed by atoms with Gasteiger partial charge < -0.3 is 14.8 Å². The molecule has 2 aromatic carbocycles. The van der Waals surface area contributed by atoms with Crippen LogP contribution in [0.25, 0.3) is 6.08 Å². The third kappa shape index (κ3) is 5.12. The molecular weight excluding hydrogens is 326 g/mol. The summed E-state index contributed by atoms with van der Waals surface area (Å²) in [6.45, 7) is 7.88. The van der Waals surface area contributed by atoms with Gasteiger partial charge in [-0.1, -0.05) is 30.3 Å². The molecule has 0 aliphatic heterocycles. The van der Waals surface area contributed by atoms with Gasteiger partial charge in [-0.25, -0.2) is 0 Å². The largest absolute Gasteiger partial charge is 0.490 e. The number of rotatable bonds is 8. The summed E-state index contributed by atoms with van der Waals surface area (Å²) in [7, 11) is 1.84. The fourth-order valence-electron chi connectivity index (χ4n) is 2.51. The van der Waals surface area contributed by atoms with Gasteiger partial charge >= 0.3 is 0 Å². The Kier molecular flexibility index (Phi) is 6.84. The Bertz CT molecular complexity index is 764. The van der Waals surface area contributed by atoms with Crippen LogP contribution in [0, 0.1) is 0 Å². The molecule has 0 saturated carbocycles. The molecular formula is C22H27NO3. The van der Waals surface area contributed by atoms with Crippen molar-refractivity contribution in [2.75, 3.05) is 12.4 Å². The van der Waals surface area contributed by atoms with Crippen molar-refractivity contribution in [2.45, 2.75) is 39.9 Å². The summed E-state index contributed by atoms with van der Waals surface area (Å²) in [5.74, 6) is 1.30. The molecule has 4 nitrogen and oxygen atoms in total. The second kappa shape index (κ2) is 9.09. The molecule has 0 heterocycles. The van der Waals surface area contributed by atoms with Crippen LogP contribution >= 0.6 is 0 Å². The maximum absolute atomic E-state index is 12.5. The number of benzene rings is 2. The smallest absolute Gasteiger partial charge is 0.185 e. The first-order chi connectivity index (χ1) is 12.4. The lowest BCUT2D eigenvalue weighted by Gasteiger charge is -2.20. The summed E-state index contributed by atoms with van der Waals surface area (Å²) in [6, 6.07) is 13.0. The maximum Gasteiger partial charge on any atom is 0.185 e. The van der Waals surface area contributed by atoms with Gasteiger partial charge in [0.15, 0.2) is 11.5 Å². The lowest BCUT2D eigenvalue weighted by Crippen LogP contribution is -2.11. The van der Waals surface area contributed by atoms with E-state index in [9.17, 15) is 4.79 Å². The Balaban J connectivity index is 2.47. The Morgan fingerprint density at radius 1 is 0.962 bits per heavy atom. The highest BCUT2D eigenvalue weighted by Gasteiger charge is 2.16. The monoisotopic (exact) mass is 353 g/mol. The van der Waals surface area contributed by atoms with Crippen LogP contribution in [-0.4, -0.2) is 25.0 Å². The molecule has 0 fully saturated rings. The Hall–Kier alpha value is -2.75. The van der Waals surface area contributed by atoms with Crippen LogP contribution in [0.1, 0.15) is 43.6 Å². The third-order valence-corrected chi connectivity index (χ3v) is 3.60. The lowest BCUT2D eigenvalue weighted by atomic mass is 10.1. The van der Waals surface area contributed by atoms with Crippen LogP contribution < -0.4 is 14.8 Å². The molecule has 138 valence electrons. The van der Waals surface area contributed by atoms with E-state index in [1.807, 2.05) is 65.1 Å². The minimum absolute atomic E-state index is 0.00613. The van der Waals surface area contributed by atoms with Gasteiger partial charge in [-0.15, -0.1) is 0 Å². The van der Waals surface area contributed by atoms with Crippen LogP contribution in [0.2, 0.25) is 0 Å². The minimum Gasteiger partial charge on any atom is -0.490 e. The number of anilines is 1. The van der Waals surface area contributed by atoms with E-state index in [1.54, 1.807) is 24.3 Å². The first-order valence-corrected chi connectivity index (χ1v) is 8.88. The highest BCUT2D eigenvalue weighted by Crippen LogP contribution is 2.38. The van der Waals surface area contributed by atoms with Gasteiger partial charge in [0.25, 0.3) is 0 Å². The van der Waals surface area contributed by atoms with Gasteiger partial charge in [0, 0.05) is 12.6 Å². The predicted octanol–water partition coefficient (Wildman–Crippen LogP) is 5.20. The standard InChI is InChI=1S/C22H27NO3/c1-15(2)25-21-14-12-19(23-5)22(26-16(3)4)18(21)11-13-20(24)17-9-7-6-8-10-17/h6-16,23H,1-5H3. The van der Waals surface area contributed by atoms with Crippen molar-refractivity contribution in [1.82, 2.24) is 0 Å². The van der Waals surface area contributed by atoms with Crippen LogP contribution in [-0.2, 0) is 0 Å². The molecule has 1 N–H and O–H groups in total. The molecule has 26 heavy (non-hydrogen) atoms. The van der Waals surface area contributed by atoms with Crippen LogP contribution in [0.3, 0.4) is 0 Å². The molecule has 0 bridgehead atoms. The summed E-state index contributed by atoms with van der Waals surface area (Å²) in [4.78, 5) is 12.5. The Morgan fingerprint density at radius 2 is 1.62 bits per heavy atom. The van der Waals surface area contributed by atoms with E-state index >= 15 is 0 Å². The molecule has 0 amide bonds. The number of ketones is 1. The quantitative estimate of drug-likeness (QED) is 0.523. The molecule has 2 aromatic rings. The van der Waals surface area contributed by atoms with Gasteiger partial charge in [0.1, 0.15) is 5.75 Å². The van der Waals surface area contributed by atoms with Crippen molar-refractivity contribution < 1.29 is 14.3 Å². The highest BCUT2D eigenvalue weighted by atomic mass is 16.5. The van der Waals surface area contributed by atoms with E-state index in [1.165, 1.54) is 0 Å². The highest BCUT2D eigenvalue weighted by molar-refractivity contribution is 6.07. The van der Waals surface area contributed by atoms with E-state index in [-0.39, 0.29) is 18.0 Å². The lowest BCUT2D eigenvalue weighted by molar-refractivity contribution is 0.104. The summed E-state index contributed by atoms with van der Waals surface area (Å²) < 4.78 is 12.0. The summed E-state index contributed by atoms with van der Waals surface area (Å²) in [6.07, 6.45) is 3.34. The number of hydrogen-bond acceptors (Lipinski definition) is 4. The van der Waals surface area contributed by atoms with Gasteiger partial charge in [0.05, 0.1) is 23.5 Å². The van der Waals surface area contributed by atoms with Crippen molar-refractivity contribution in [3.05, 3.63) is 59.7 Å². The van der Waals surface area contributed by atoms with E-state index in [4.69, 9.17) is 9.47 Å². The number of nitrogens with one attached hydrogen (secondary N) is 1. The number of carbonyl (C=O) groups is 1. The molecule has 4 heteroatoms. The fraction of sp³-hybridized carbons (Fsp3) is 0.318.